The molecule has 7 aromatic carbocycles. The summed E-state index contributed by atoms with van der Waals surface area (Å²) in [4.78, 5) is 2.37. The van der Waals surface area contributed by atoms with Crippen LogP contribution < -0.4 is 4.90 Å². The van der Waals surface area contributed by atoms with E-state index in [1.807, 2.05) is 11.3 Å². The normalized spacial score (nSPS) is 11.7. The van der Waals surface area contributed by atoms with E-state index in [0.29, 0.717) is 0 Å². The van der Waals surface area contributed by atoms with E-state index in [0.717, 1.165) is 33.6 Å². The van der Waals surface area contributed by atoms with Crippen molar-refractivity contribution in [3.63, 3.8) is 0 Å². The van der Waals surface area contributed by atoms with Crippen LogP contribution in [0.25, 0.3) is 64.0 Å². The zero-order chi connectivity index (χ0) is 28.3. The Hall–Kier alpha value is -5.38. The molecule has 0 unspecified atom stereocenters. The summed E-state index contributed by atoms with van der Waals surface area (Å²) < 4.78 is 9.08. The molecule has 9 rings (SSSR count). The van der Waals surface area contributed by atoms with E-state index in [2.05, 4.69) is 157 Å². The number of thiophene rings is 1. The van der Waals surface area contributed by atoms with Gasteiger partial charge >= 0.3 is 0 Å². The molecule has 0 bridgehead atoms. The van der Waals surface area contributed by atoms with Gasteiger partial charge in [-0.05, 0) is 64.4 Å². The van der Waals surface area contributed by atoms with E-state index in [1.165, 1.54) is 47.5 Å². The first kappa shape index (κ1) is 24.2. The van der Waals surface area contributed by atoms with Gasteiger partial charge in [-0.25, -0.2) is 0 Å². The van der Waals surface area contributed by atoms with Gasteiger partial charge < -0.3 is 9.32 Å². The molecule has 0 aliphatic rings. The Morgan fingerprint density at radius 2 is 1.19 bits per heavy atom. The molecule has 0 amide bonds. The molecule has 0 saturated heterocycles. The third kappa shape index (κ3) is 3.86. The number of furan rings is 1. The first-order chi connectivity index (χ1) is 21.3. The molecule has 0 atom stereocenters. The molecule has 0 aliphatic heterocycles. The molecule has 3 heteroatoms. The highest BCUT2D eigenvalue weighted by molar-refractivity contribution is 7.26. The fourth-order valence-corrected chi connectivity index (χ4v) is 7.65. The quantitative estimate of drug-likeness (QED) is 0.210. The average Bonchev–Trinajstić information content (AvgIpc) is 3.64. The molecule has 9 aromatic rings. The van der Waals surface area contributed by atoms with Crippen LogP contribution in [0.15, 0.2) is 156 Å². The average molecular weight is 568 g/mol. The zero-order valence-corrected chi connectivity index (χ0v) is 24.0. The molecule has 0 fully saturated rings. The fourth-order valence-electron chi connectivity index (χ4n) is 6.44. The lowest BCUT2D eigenvalue weighted by atomic mass is 10.0. The summed E-state index contributed by atoms with van der Waals surface area (Å²) in [6.45, 7) is 0. The summed E-state index contributed by atoms with van der Waals surface area (Å²) in [5.41, 5.74) is 7.53. The van der Waals surface area contributed by atoms with Gasteiger partial charge in [-0.1, -0.05) is 103 Å². The summed E-state index contributed by atoms with van der Waals surface area (Å²) in [5, 5.41) is 7.32. The largest absolute Gasteiger partial charge is 0.456 e. The molecular weight excluding hydrogens is 543 g/mol. The van der Waals surface area contributed by atoms with Crippen LogP contribution >= 0.6 is 11.3 Å². The van der Waals surface area contributed by atoms with Crippen LogP contribution in [0.5, 0.6) is 0 Å². The molecule has 0 radical (unpaired) electrons. The van der Waals surface area contributed by atoms with Crippen molar-refractivity contribution in [3.8, 4) is 11.1 Å². The molecule has 0 N–H and O–H groups in total. The number of hydrogen-bond donors (Lipinski definition) is 0. The van der Waals surface area contributed by atoms with Crippen molar-refractivity contribution in [1.82, 2.24) is 0 Å². The summed E-state index contributed by atoms with van der Waals surface area (Å²) >= 11 is 1.85. The lowest BCUT2D eigenvalue weighted by molar-refractivity contribution is 0.669. The molecule has 202 valence electrons. The highest BCUT2D eigenvalue weighted by Gasteiger charge is 2.20. The maximum absolute atomic E-state index is 6.51. The van der Waals surface area contributed by atoms with Crippen molar-refractivity contribution in [2.24, 2.45) is 0 Å². The van der Waals surface area contributed by atoms with Gasteiger partial charge in [-0.3, -0.25) is 0 Å². The van der Waals surface area contributed by atoms with Crippen LogP contribution in [0, 0.1) is 0 Å². The van der Waals surface area contributed by atoms with Gasteiger partial charge in [0.05, 0.1) is 10.4 Å². The molecule has 2 nitrogen and oxygen atoms in total. The number of nitrogens with zero attached hydrogens (tertiary/aromatic N) is 1. The van der Waals surface area contributed by atoms with E-state index in [4.69, 9.17) is 4.42 Å². The minimum atomic E-state index is 0.887. The highest BCUT2D eigenvalue weighted by Crippen LogP contribution is 2.46. The van der Waals surface area contributed by atoms with E-state index in [1.54, 1.807) is 0 Å². The topological polar surface area (TPSA) is 16.4 Å². The molecule has 2 heterocycles. The number of hydrogen-bond acceptors (Lipinski definition) is 3. The number of fused-ring (bicyclic) bond motifs is 8. The van der Waals surface area contributed by atoms with Crippen molar-refractivity contribution in [2.75, 3.05) is 4.90 Å². The SMILES string of the molecule is c1ccc(-c2ccc(N(c3ccc4c(c3)oc3ccc5ccccc5c34)c3cccc4c3sc3ccccc34)cc2)cc1. The van der Waals surface area contributed by atoms with Crippen LogP contribution in [0.2, 0.25) is 0 Å². The third-order valence-electron chi connectivity index (χ3n) is 8.46. The van der Waals surface area contributed by atoms with Crippen molar-refractivity contribution in [3.05, 3.63) is 152 Å². The first-order valence-electron chi connectivity index (χ1n) is 14.5. The van der Waals surface area contributed by atoms with E-state index in [-0.39, 0.29) is 0 Å². The fraction of sp³-hybridized carbons (Fsp3) is 0. The maximum Gasteiger partial charge on any atom is 0.137 e. The van der Waals surface area contributed by atoms with E-state index < -0.39 is 0 Å². The molecule has 0 aliphatic carbocycles. The predicted molar refractivity (Wildman–Crippen MR) is 184 cm³/mol. The summed E-state index contributed by atoms with van der Waals surface area (Å²) in [5.74, 6) is 0. The van der Waals surface area contributed by atoms with Crippen molar-refractivity contribution >= 4 is 81.3 Å². The van der Waals surface area contributed by atoms with Gasteiger partial charge in [0.1, 0.15) is 11.2 Å². The third-order valence-corrected chi connectivity index (χ3v) is 9.67. The maximum atomic E-state index is 6.51. The summed E-state index contributed by atoms with van der Waals surface area (Å²) in [6, 6.07) is 54.2. The molecule has 2 aromatic heterocycles. The van der Waals surface area contributed by atoms with Crippen LogP contribution in [-0.2, 0) is 0 Å². The number of anilines is 3. The van der Waals surface area contributed by atoms with Crippen molar-refractivity contribution in [1.29, 1.82) is 0 Å². The molecule has 0 saturated carbocycles. The second-order valence-electron chi connectivity index (χ2n) is 10.9. The Kier molecular flexibility index (Phi) is 5.40. The Morgan fingerprint density at radius 1 is 0.465 bits per heavy atom. The van der Waals surface area contributed by atoms with Gasteiger partial charge in [0.15, 0.2) is 0 Å². The van der Waals surface area contributed by atoms with E-state index >= 15 is 0 Å². The van der Waals surface area contributed by atoms with Crippen molar-refractivity contribution < 1.29 is 4.42 Å². The van der Waals surface area contributed by atoms with E-state index in [9.17, 15) is 0 Å². The summed E-state index contributed by atoms with van der Waals surface area (Å²) in [7, 11) is 0. The van der Waals surface area contributed by atoms with Gasteiger partial charge in [0.2, 0.25) is 0 Å². The zero-order valence-electron chi connectivity index (χ0n) is 23.2. The van der Waals surface area contributed by atoms with Crippen LogP contribution in [0.1, 0.15) is 0 Å². The van der Waals surface area contributed by atoms with Crippen LogP contribution in [0.4, 0.5) is 17.1 Å². The van der Waals surface area contributed by atoms with Gasteiger partial charge in [-0.2, -0.15) is 0 Å². The minimum absolute atomic E-state index is 0.887. The Bertz CT molecular complexity index is 2450. The van der Waals surface area contributed by atoms with Crippen LogP contribution in [-0.4, -0.2) is 0 Å². The monoisotopic (exact) mass is 567 g/mol. The van der Waals surface area contributed by atoms with Gasteiger partial charge in [-0.15, -0.1) is 11.3 Å². The number of rotatable bonds is 4. The predicted octanol–water partition coefficient (Wildman–Crippen LogP) is 12.2. The molecular formula is C40H25NOS. The molecule has 0 spiro atoms. The summed E-state index contributed by atoms with van der Waals surface area (Å²) in [6.07, 6.45) is 0. The Labute approximate surface area is 252 Å². The Balaban J connectivity index is 1.27. The molecule has 43 heavy (non-hydrogen) atoms. The number of benzene rings is 7. The highest BCUT2D eigenvalue weighted by atomic mass is 32.1. The second-order valence-corrected chi connectivity index (χ2v) is 12.0. The Morgan fingerprint density at radius 3 is 2.07 bits per heavy atom. The van der Waals surface area contributed by atoms with Crippen molar-refractivity contribution in [2.45, 2.75) is 0 Å². The van der Waals surface area contributed by atoms with Gasteiger partial charge in [0.25, 0.3) is 0 Å². The van der Waals surface area contributed by atoms with Crippen LogP contribution in [0.3, 0.4) is 0 Å². The lowest BCUT2D eigenvalue weighted by Crippen LogP contribution is -2.10. The lowest BCUT2D eigenvalue weighted by Gasteiger charge is -2.26. The minimum Gasteiger partial charge on any atom is -0.456 e. The second kappa shape index (κ2) is 9.59. The standard InChI is InChI=1S/C40H25NOS/c1-2-9-26(10-3-1)27-17-20-29(21-18-27)41(35-15-8-14-33-32-13-6-7-16-38(32)43-40(33)35)30-22-23-34-37(25-30)42-36-24-19-28-11-4-5-12-31(28)39(34)36/h1-25H. The van der Waals surface area contributed by atoms with Gasteiger partial charge in [0, 0.05) is 43.7 Å². The smallest absolute Gasteiger partial charge is 0.137 e. The first-order valence-corrected chi connectivity index (χ1v) is 15.3.